The fourth-order valence-corrected chi connectivity index (χ4v) is 3.22. The molecular weight excluding hydrogens is 350 g/mol. The molecule has 0 spiro atoms. The molecule has 6 nitrogen and oxygen atoms in total. The van der Waals surface area contributed by atoms with Gasteiger partial charge in [-0.1, -0.05) is 24.3 Å². The molecule has 0 bridgehead atoms. The summed E-state index contributed by atoms with van der Waals surface area (Å²) < 4.78 is 1.75. The second-order valence-corrected chi connectivity index (χ2v) is 6.79. The zero-order chi connectivity index (χ0) is 19.9. The molecule has 3 rings (SSSR count). The van der Waals surface area contributed by atoms with E-state index < -0.39 is 0 Å². The topological polar surface area (TPSA) is 54.3 Å². The number of amides is 1. The fraction of sp³-hybridized carbons (Fsp3) is 0.318. The predicted molar refractivity (Wildman–Crippen MR) is 111 cm³/mol. The van der Waals surface area contributed by atoms with Crippen molar-refractivity contribution in [3.63, 3.8) is 0 Å². The van der Waals surface area contributed by atoms with E-state index in [-0.39, 0.29) is 5.91 Å². The third-order valence-corrected chi connectivity index (χ3v) is 4.84. The lowest BCUT2D eigenvalue weighted by Gasteiger charge is -2.22. The van der Waals surface area contributed by atoms with E-state index in [0.29, 0.717) is 18.7 Å². The minimum Gasteiger partial charge on any atom is -0.372 e. The highest BCUT2D eigenvalue weighted by Crippen LogP contribution is 2.16. The number of carbonyl (C=O) groups is 1. The Morgan fingerprint density at radius 2 is 1.61 bits per heavy atom. The molecule has 0 aliphatic rings. The van der Waals surface area contributed by atoms with E-state index in [9.17, 15) is 4.79 Å². The van der Waals surface area contributed by atoms with E-state index in [2.05, 4.69) is 53.1 Å². The van der Waals surface area contributed by atoms with Crippen LogP contribution in [0, 0.1) is 0 Å². The van der Waals surface area contributed by atoms with Crippen molar-refractivity contribution in [3.05, 3.63) is 77.9 Å². The first-order chi connectivity index (χ1) is 13.6. The number of carbonyl (C=O) groups excluding carboxylic acids is 1. The summed E-state index contributed by atoms with van der Waals surface area (Å²) in [7, 11) is 1.84. The zero-order valence-electron chi connectivity index (χ0n) is 16.7. The monoisotopic (exact) mass is 377 g/mol. The molecule has 0 saturated carbocycles. The normalized spacial score (nSPS) is 10.7. The van der Waals surface area contributed by atoms with Crippen LogP contribution in [0.4, 0.5) is 5.69 Å². The van der Waals surface area contributed by atoms with Crippen LogP contribution < -0.4 is 4.90 Å². The lowest BCUT2D eigenvalue weighted by molar-refractivity contribution is 0.0785. The van der Waals surface area contributed by atoms with Gasteiger partial charge in [0.05, 0.1) is 6.54 Å². The second-order valence-electron chi connectivity index (χ2n) is 6.79. The smallest absolute Gasteiger partial charge is 0.253 e. The molecule has 0 atom stereocenters. The molecule has 1 amide bonds. The molecule has 0 radical (unpaired) electrons. The molecule has 0 N–H and O–H groups in total. The van der Waals surface area contributed by atoms with Crippen LogP contribution in [-0.4, -0.2) is 45.7 Å². The van der Waals surface area contributed by atoms with Crippen LogP contribution in [-0.2, 0) is 13.1 Å². The van der Waals surface area contributed by atoms with Gasteiger partial charge in [-0.2, -0.15) is 5.10 Å². The lowest BCUT2D eigenvalue weighted by Crippen LogP contribution is -2.26. The first-order valence-electron chi connectivity index (χ1n) is 9.61. The molecular formula is C22H27N5O. The van der Waals surface area contributed by atoms with Gasteiger partial charge >= 0.3 is 0 Å². The average Bonchev–Trinajstić information content (AvgIpc) is 3.23. The Morgan fingerprint density at radius 3 is 2.18 bits per heavy atom. The Kier molecular flexibility index (Phi) is 6.42. The van der Waals surface area contributed by atoms with E-state index in [1.807, 2.05) is 31.3 Å². The minimum atomic E-state index is 0.0140. The van der Waals surface area contributed by atoms with Crippen molar-refractivity contribution in [2.45, 2.75) is 26.9 Å². The number of nitrogens with zero attached hydrogens (tertiary/aromatic N) is 5. The van der Waals surface area contributed by atoms with Crippen LogP contribution in [0.2, 0.25) is 0 Å². The molecule has 0 aliphatic carbocycles. The Bertz CT molecular complexity index is 868. The van der Waals surface area contributed by atoms with Gasteiger partial charge < -0.3 is 9.80 Å². The second kappa shape index (κ2) is 9.17. The van der Waals surface area contributed by atoms with E-state index in [1.165, 1.54) is 12.0 Å². The molecule has 0 fully saturated rings. The summed E-state index contributed by atoms with van der Waals surface area (Å²) in [6.07, 6.45) is 3.19. The van der Waals surface area contributed by atoms with Gasteiger partial charge in [-0.15, -0.1) is 0 Å². The molecule has 0 aliphatic heterocycles. The van der Waals surface area contributed by atoms with Crippen molar-refractivity contribution in [1.82, 2.24) is 19.7 Å². The van der Waals surface area contributed by atoms with Gasteiger partial charge in [0.1, 0.15) is 12.7 Å². The summed E-state index contributed by atoms with van der Waals surface area (Å²) in [5.74, 6) is 0.0140. The highest BCUT2D eigenvalue weighted by Gasteiger charge is 2.12. The molecule has 1 aromatic heterocycles. The Morgan fingerprint density at radius 1 is 0.964 bits per heavy atom. The van der Waals surface area contributed by atoms with Crippen molar-refractivity contribution in [2.24, 2.45) is 0 Å². The maximum Gasteiger partial charge on any atom is 0.253 e. The number of hydrogen-bond acceptors (Lipinski definition) is 4. The van der Waals surface area contributed by atoms with Crippen molar-refractivity contribution >= 4 is 11.6 Å². The largest absolute Gasteiger partial charge is 0.372 e. The van der Waals surface area contributed by atoms with Crippen LogP contribution in [0.3, 0.4) is 0 Å². The van der Waals surface area contributed by atoms with E-state index >= 15 is 0 Å². The Balaban J connectivity index is 1.60. The standard InChI is InChI=1S/C22H27N5O/c1-4-26(5-2)21-12-8-18(9-13-21)14-25(3)22(28)20-10-6-19(7-11-20)15-27-17-23-16-24-27/h6-13,16-17H,4-5,14-15H2,1-3H3. The maximum absolute atomic E-state index is 12.7. The van der Waals surface area contributed by atoms with Crippen LogP contribution >= 0.6 is 0 Å². The summed E-state index contributed by atoms with van der Waals surface area (Å²) in [6, 6.07) is 16.1. The summed E-state index contributed by atoms with van der Waals surface area (Å²) in [5.41, 5.74) is 4.10. The van der Waals surface area contributed by atoms with Gasteiger partial charge in [0.15, 0.2) is 0 Å². The van der Waals surface area contributed by atoms with Gasteiger partial charge in [0.25, 0.3) is 5.91 Å². The van der Waals surface area contributed by atoms with Crippen molar-refractivity contribution < 1.29 is 4.79 Å². The number of hydrogen-bond donors (Lipinski definition) is 0. The number of rotatable bonds is 8. The molecule has 146 valence electrons. The molecule has 2 aromatic carbocycles. The number of benzene rings is 2. The van der Waals surface area contributed by atoms with Gasteiger partial charge in [-0.3, -0.25) is 4.79 Å². The van der Waals surface area contributed by atoms with E-state index in [1.54, 1.807) is 15.9 Å². The highest BCUT2D eigenvalue weighted by atomic mass is 16.2. The zero-order valence-corrected chi connectivity index (χ0v) is 16.7. The van der Waals surface area contributed by atoms with Gasteiger partial charge in [0, 0.05) is 37.9 Å². The molecule has 0 saturated heterocycles. The van der Waals surface area contributed by atoms with Crippen molar-refractivity contribution in [2.75, 3.05) is 25.0 Å². The minimum absolute atomic E-state index is 0.0140. The van der Waals surface area contributed by atoms with Gasteiger partial charge in [0.2, 0.25) is 0 Å². The molecule has 3 aromatic rings. The molecule has 1 heterocycles. The highest BCUT2D eigenvalue weighted by molar-refractivity contribution is 5.94. The molecule has 28 heavy (non-hydrogen) atoms. The number of anilines is 1. The van der Waals surface area contributed by atoms with E-state index in [0.717, 1.165) is 24.2 Å². The summed E-state index contributed by atoms with van der Waals surface area (Å²) >= 11 is 0. The first kappa shape index (κ1) is 19.6. The molecule has 0 unspecified atom stereocenters. The van der Waals surface area contributed by atoms with Gasteiger partial charge in [-0.25, -0.2) is 9.67 Å². The summed E-state index contributed by atoms with van der Waals surface area (Å²) in [6.45, 7) is 7.51. The maximum atomic E-state index is 12.7. The third kappa shape index (κ3) is 4.76. The van der Waals surface area contributed by atoms with Crippen molar-refractivity contribution in [1.29, 1.82) is 0 Å². The SMILES string of the molecule is CCN(CC)c1ccc(CN(C)C(=O)c2ccc(Cn3cncn3)cc2)cc1. The van der Waals surface area contributed by atoms with Crippen LogP contribution in [0.25, 0.3) is 0 Å². The van der Waals surface area contributed by atoms with Crippen LogP contribution in [0.15, 0.2) is 61.2 Å². The van der Waals surface area contributed by atoms with Crippen molar-refractivity contribution in [3.8, 4) is 0 Å². The third-order valence-electron chi connectivity index (χ3n) is 4.84. The van der Waals surface area contributed by atoms with E-state index in [4.69, 9.17) is 0 Å². The quantitative estimate of drug-likeness (QED) is 0.603. The average molecular weight is 377 g/mol. The van der Waals surface area contributed by atoms with Crippen LogP contribution in [0.1, 0.15) is 35.3 Å². The predicted octanol–water partition coefficient (Wildman–Crippen LogP) is 3.44. The molecule has 6 heteroatoms. The summed E-state index contributed by atoms with van der Waals surface area (Å²) in [5, 5.41) is 4.10. The summed E-state index contributed by atoms with van der Waals surface area (Å²) in [4.78, 5) is 20.7. The van der Waals surface area contributed by atoms with Crippen LogP contribution in [0.5, 0.6) is 0 Å². The Labute approximate surface area is 166 Å². The number of aromatic nitrogens is 3. The van der Waals surface area contributed by atoms with Gasteiger partial charge in [-0.05, 0) is 49.2 Å². The fourth-order valence-electron chi connectivity index (χ4n) is 3.22. The lowest BCUT2D eigenvalue weighted by atomic mass is 10.1. The Hall–Kier alpha value is -3.15. The first-order valence-corrected chi connectivity index (χ1v) is 9.61.